The number of benzene rings is 2. The molecule has 0 aliphatic carbocycles. The lowest BCUT2D eigenvalue weighted by molar-refractivity contribution is 0.187. The van der Waals surface area contributed by atoms with Crippen LogP contribution in [-0.2, 0) is 11.3 Å². The summed E-state index contributed by atoms with van der Waals surface area (Å²) in [6, 6.07) is 15.6. The second kappa shape index (κ2) is 7.50. The normalized spacial score (nSPS) is 10.4. The van der Waals surface area contributed by atoms with Gasteiger partial charge in [0, 0.05) is 5.69 Å². The van der Waals surface area contributed by atoms with Gasteiger partial charge in [0.25, 0.3) is 0 Å². The van der Waals surface area contributed by atoms with Gasteiger partial charge in [0.2, 0.25) is 0 Å². The van der Waals surface area contributed by atoms with Crippen molar-refractivity contribution in [1.29, 1.82) is 0 Å². The van der Waals surface area contributed by atoms with Gasteiger partial charge in [-0.15, -0.1) is 0 Å². The highest BCUT2D eigenvalue weighted by Gasteiger charge is 2.02. The number of anilines is 1. The van der Waals surface area contributed by atoms with Crippen molar-refractivity contribution in [3.8, 4) is 5.75 Å². The van der Waals surface area contributed by atoms with Crippen molar-refractivity contribution in [2.24, 2.45) is 0 Å². The minimum Gasteiger partial charge on any atom is -0.489 e. The summed E-state index contributed by atoms with van der Waals surface area (Å²) in [6.07, 6.45) is -0.487. The third-order valence-corrected chi connectivity index (χ3v) is 3.34. The highest BCUT2D eigenvalue weighted by atomic mass is 16.5. The first-order chi connectivity index (χ1) is 10.6. The molecule has 4 nitrogen and oxygen atoms in total. The van der Waals surface area contributed by atoms with E-state index in [1.165, 1.54) is 12.7 Å². The number of methoxy groups -OCH3 is 1. The van der Waals surface area contributed by atoms with Crippen molar-refractivity contribution < 1.29 is 14.3 Å². The molecular formula is C18H21NO3. The minimum atomic E-state index is -0.487. The van der Waals surface area contributed by atoms with Gasteiger partial charge in [-0.3, -0.25) is 5.32 Å². The molecule has 0 saturated carbocycles. The Kier molecular flexibility index (Phi) is 5.42. The zero-order valence-corrected chi connectivity index (χ0v) is 13.1. The van der Waals surface area contributed by atoms with Gasteiger partial charge >= 0.3 is 6.09 Å². The van der Waals surface area contributed by atoms with Crippen molar-refractivity contribution in [2.75, 3.05) is 12.4 Å². The summed E-state index contributed by atoms with van der Waals surface area (Å²) in [5.41, 5.74) is 3.11. The van der Waals surface area contributed by atoms with Gasteiger partial charge in [0.1, 0.15) is 12.4 Å². The van der Waals surface area contributed by atoms with Crippen LogP contribution in [0.25, 0.3) is 0 Å². The standard InChI is InChI=1S/C18H21NO3/c1-13(2)15-6-4-14(5-7-15)12-22-17-10-8-16(9-11-17)19-18(20)21-3/h4-11,13H,12H2,1-3H3,(H,19,20). The molecule has 1 amide bonds. The molecule has 0 aliphatic rings. The lowest BCUT2D eigenvalue weighted by Crippen LogP contribution is -2.10. The number of rotatable bonds is 5. The lowest BCUT2D eigenvalue weighted by Gasteiger charge is -2.09. The number of carbonyl (C=O) groups is 1. The van der Waals surface area contributed by atoms with E-state index in [1.807, 2.05) is 12.1 Å². The van der Waals surface area contributed by atoms with E-state index in [0.29, 0.717) is 18.2 Å². The van der Waals surface area contributed by atoms with Crippen LogP contribution in [0, 0.1) is 0 Å². The number of nitrogens with one attached hydrogen (secondary N) is 1. The first-order valence-electron chi connectivity index (χ1n) is 7.25. The fraction of sp³-hybridized carbons (Fsp3) is 0.278. The molecule has 22 heavy (non-hydrogen) atoms. The van der Waals surface area contributed by atoms with E-state index < -0.39 is 6.09 Å². The van der Waals surface area contributed by atoms with E-state index >= 15 is 0 Å². The molecule has 0 aromatic heterocycles. The minimum absolute atomic E-state index is 0.487. The first kappa shape index (κ1) is 15.9. The maximum absolute atomic E-state index is 11.1. The summed E-state index contributed by atoms with van der Waals surface area (Å²) >= 11 is 0. The summed E-state index contributed by atoms with van der Waals surface area (Å²) in [5, 5.41) is 2.59. The van der Waals surface area contributed by atoms with E-state index in [4.69, 9.17) is 4.74 Å². The molecule has 0 heterocycles. The average Bonchev–Trinajstić information content (AvgIpc) is 2.54. The Balaban J connectivity index is 1.90. The van der Waals surface area contributed by atoms with E-state index in [0.717, 1.165) is 11.3 Å². The summed E-state index contributed by atoms with van der Waals surface area (Å²) in [6.45, 7) is 4.87. The van der Waals surface area contributed by atoms with Crippen LogP contribution in [0.5, 0.6) is 5.75 Å². The Hall–Kier alpha value is -2.49. The molecule has 1 N–H and O–H groups in total. The van der Waals surface area contributed by atoms with Crippen molar-refractivity contribution >= 4 is 11.8 Å². The van der Waals surface area contributed by atoms with Crippen LogP contribution < -0.4 is 10.1 Å². The summed E-state index contributed by atoms with van der Waals surface area (Å²) in [5.74, 6) is 1.29. The molecule has 0 saturated heterocycles. The van der Waals surface area contributed by atoms with Gasteiger partial charge in [-0.25, -0.2) is 4.79 Å². The molecule has 116 valence electrons. The summed E-state index contributed by atoms with van der Waals surface area (Å²) in [7, 11) is 1.33. The topological polar surface area (TPSA) is 47.6 Å². The Bertz CT molecular complexity index is 603. The van der Waals surface area contributed by atoms with Crippen LogP contribution in [0.15, 0.2) is 48.5 Å². The van der Waals surface area contributed by atoms with Crippen LogP contribution in [0.1, 0.15) is 30.9 Å². The molecular weight excluding hydrogens is 278 g/mol. The van der Waals surface area contributed by atoms with Crippen molar-refractivity contribution in [3.63, 3.8) is 0 Å². The molecule has 4 heteroatoms. The van der Waals surface area contributed by atoms with Gasteiger partial charge < -0.3 is 9.47 Å². The number of carbonyl (C=O) groups excluding carboxylic acids is 1. The highest BCUT2D eigenvalue weighted by Crippen LogP contribution is 2.19. The van der Waals surface area contributed by atoms with E-state index in [2.05, 4.69) is 48.2 Å². The molecule has 0 fully saturated rings. The predicted molar refractivity (Wildman–Crippen MR) is 87.3 cm³/mol. The molecule has 0 radical (unpaired) electrons. The Labute approximate surface area is 131 Å². The Morgan fingerprint density at radius 1 is 1.05 bits per heavy atom. The molecule has 2 rings (SSSR count). The van der Waals surface area contributed by atoms with Crippen molar-refractivity contribution in [2.45, 2.75) is 26.4 Å². The maximum atomic E-state index is 11.1. The number of hydrogen-bond acceptors (Lipinski definition) is 3. The number of amides is 1. The smallest absolute Gasteiger partial charge is 0.411 e. The summed E-state index contributed by atoms with van der Waals surface area (Å²) in [4.78, 5) is 11.1. The molecule has 2 aromatic carbocycles. The van der Waals surface area contributed by atoms with Crippen LogP contribution in [-0.4, -0.2) is 13.2 Å². The van der Waals surface area contributed by atoms with Crippen LogP contribution in [0.4, 0.5) is 10.5 Å². The zero-order chi connectivity index (χ0) is 15.9. The highest BCUT2D eigenvalue weighted by molar-refractivity contribution is 5.84. The summed E-state index contributed by atoms with van der Waals surface area (Å²) < 4.78 is 10.3. The third kappa shape index (κ3) is 4.52. The molecule has 2 aromatic rings. The number of ether oxygens (including phenoxy) is 2. The van der Waals surface area contributed by atoms with Crippen LogP contribution in [0.3, 0.4) is 0 Å². The Morgan fingerprint density at radius 3 is 2.23 bits per heavy atom. The first-order valence-corrected chi connectivity index (χ1v) is 7.25. The molecule has 0 bridgehead atoms. The van der Waals surface area contributed by atoms with Crippen molar-refractivity contribution in [3.05, 3.63) is 59.7 Å². The molecule has 0 spiro atoms. The lowest BCUT2D eigenvalue weighted by atomic mass is 10.0. The van der Waals surface area contributed by atoms with E-state index in [-0.39, 0.29) is 0 Å². The van der Waals surface area contributed by atoms with Gasteiger partial charge in [0.05, 0.1) is 7.11 Å². The van der Waals surface area contributed by atoms with Gasteiger partial charge in [0.15, 0.2) is 0 Å². The maximum Gasteiger partial charge on any atom is 0.411 e. The Morgan fingerprint density at radius 2 is 1.68 bits per heavy atom. The second-order valence-corrected chi connectivity index (χ2v) is 5.33. The van der Waals surface area contributed by atoms with Gasteiger partial charge in [-0.1, -0.05) is 38.1 Å². The molecule has 0 unspecified atom stereocenters. The fourth-order valence-electron chi connectivity index (χ4n) is 1.97. The van der Waals surface area contributed by atoms with Gasteiger partial charge in [-0.2, -0.15) is 0 Å². The average molecular weight is 299 g/mol. The largest absolute Gasteiger partial charge is 0.489 e. The predicted octanol–water partition coefficient (Wildman–Crippen LogP) is 4.57. The van der Waals surface area contributed by atoms with Crippen LogP contribution >= 0.6 is 0 Å². The van der Waals surface area contributed by atoms with Crippen LogP contribution in [0.2, 0.25) is 0 Å². The molecule has 0 atom stereocenters. The third-order valence-electron chi connectivity index (χ3n) is 3.34. The van der Waals surface area contributed by atoms with E-state index in [1.54, 1.807) is 12.1 Å². The fourth-order valence-corrected chi connectivity index (χ4v) is 1.97. The number of hydrogen-bond donors (Lipinski definition) is 1. The molecule has 0 aliphatic heterocycles. The zero-order valence-electron chi connectivity index (χ0n) is 13.1. The second-order valence-electron chi connectivity index (χ2n) is 5.33. The quantitative estimate of drug-likeness (QED) is 0.880. The SMILES string of the molecule is COC(=O)Nc1ccc(OCc2ccc(C(C)C)cc2)cc1. The van der Waals surface area contributed by atoms with Crippen molar-refractivity contribution in [1.82, 2.24) is 0 Å². The van der Waals surface area contributed by atoms with E-state index in [9.17, 15) is 4.79 Å². The van der Waals surface area contributed by atoms with Gasteiger partial charge in [-0.05, 0) is 41.3 Å². The monoisotopic (exact) mass is 299 g/mol.